The number of carbonyl (C=O) groups is 1. The zero-order valence-corrected chi connectivity index (χ0v) is 19.8. The van der Waals surface area contributed by atoms with Crippen molar-refractivity contribution in [1.29, 1.82) is 0 Å². The molecule has 31 heavy (non-hydrogen) atoms. The third-order valence-electron chi connectivity index (χ3n) is 5.51. The molecule has 8 heteroatoms. The number of carbonyl (C=O) groups excluding carboxylic acids is 1. The molecule has 0 aliphatic carbocycles. The lowest BCUT2D eigenvalue weighted by Crippen LogP contribution is -2.34. The lowest BCUT2D eigenvalue weighted by molar-refractivity contribution is 0.102. The fourth-order valence-corrected chi connectivity index (χ4v) is 6.41. The average molecular weight is 456 g/mol. The van der Waals surface area contributed by atoms with E-state index in [1.807, 2.05) is 12.3 Å². The molecule has 1 N–H and O–H groups in total. The first-order chi connectivity index (χ1) is 14.5. The van der Waals surface area contributed by atoms with Gasteiger partial charge < -0.3 is 0 Å². The molecular formula is C23H25N3O3S2. The zero-order valence-electron chi connectivity index (χ0n) is 18.2. The fourth-order valence-electron chi connectivity index (χ4n) is 4.45. The Morgan fingerprint density at radius 2 is 1.84 bits per heavy atom. The summed E-state index contributed by atoms with van der Waals surface area (Å²) >= 11 is 1.39. The van der Waals surface area contributed by atoms with Gasteiger partial charge >= 0.3 is 0 Å². The number of nitrogens with zero attached hydrogens (tertiary/aromatic N) is 2. The van der Waals surface area contributed by atoms with Crippen molar-refractivity contribution in [3.05, 3.63) is 63.5 Å². The van der Waals surface area contributed by atoms with E-state index in [-0.39, 0.29) is 11.9 Å². The smallest absolute Gasteiger partial charge is 0.257 e. The van der Waals surface area contributed by atoms with Crippen molar-refractivity contribution in [3.63, 3.8) is 0 Å². The number of amides is 1. The summed E-state index contributed by atoms with van der Waals surface area (Å²) < 4.78 is 25.6. The Labute approximate surface area is 187 Å². The van der Waals surface area contributed by atoms with E-state index in [1.165, 1.54) is 27.5 Å². The molecule has 162 valence electrons. The number of fused-ring (bicyclic) bond motifs is 1. The highest BCUT2D eigenvalue weighted by Crippen LogP contribution is 2.35. The van der Waals surface area contributed by atoms with Gasteiger partial charge in [0.15, 0.2) is 5.13 Å². The van der Waals surface area contributed by atoms with Crippen LogP contribution in [0.4, 0.5) is 10.8 Å². The van der Waals surface area contributed by atoms with Gasteiger partial charge in [0.25, 0.3) is 5.91 Å². The lowest BCUT2D eigenvalue weighted by Gasteiger charge is -2.21. The molecule has 0 saturated carbocycles. The Hall–Kier alpha value is -2.71. The van der Waals surface area contributed by atoms with Crippen LogP contribution in [0.1, 0.15) is 39.5 Å². The molecule has 1 unspecified atom stereocenters. The van der Waals surface area contributed by atoms with E-state index in [1.54, 1.807) is 18.2 Å². The Balaban J connectivity index is 1.57. The number of hydrogen-bond acceptors (Lipinski definition) is 5. The monoisotopic (exact) mass is 455 g/mol. The molecule has 3 aromatic rings. The van der Waals surface area contributed by atoms with Crippen LogP contribution >= 0.6 is 11.3 Å². The number of hydrogen-bond donors (Lipinski definition) is 1. The van der Waals surface area contributed by atoms with Gasteiger partial charge in [-0.3, -0.25) is 14.4 Å². The van der Waals surface area contributed by atoms with Crippen LogP contribution in [0.5, 0.6) is 0 Å². The van der Waals surface area contributed by atoms with E-state index in [0.29, 0.717) is 22.8 Å². The van der Waals surface area contributed by atoms with Crippen molar-refractivity contribution in [3.8, 4) is 11.3 Å². The van der Waals surface area contributed by atoms with E-state index in [2.05, 4.69) is 43.2 Å². The Bertz CT molecular complexity index is 1270. The third-order valence-corrected chi connectivity index (χ3v) is 7.54. The van der Waals surface area contributed by atoms with Gasteiger partial charge in [0.2, 0.25) is 10.0 Å². The van der Waals surface area contributed by atoms with Crippen LogP contribution in [-0.4, -0.2) is 31.6 Å². The fraction of sp³-hybridized carbons (Fsp3) is 0.304. The molecule has 0 radical (unpaired) electrons. The Kier molecular flexibility index (Phi) is 5.39. The minimum absolute atomic E-state index is 0.161. The molecule has 2 aromatic carbocycles. The summed E-state index contributed by atoms with van der Waals surface area (Å²) in [4.78, 5) is 17.4. The van der Waals surface area contributed by atoms with Crippen molar-refractivity contribution in [2.75, 3.05) is 15.9 Å². The molecule has 6 nitrogen and oxygen atoms in total. The zero-order chi connectivity index (χ0) is 22.5. The molecule has 2 heterocycles. The molecule has 1 amide bonds. The van der Waals surface area contributed by atoms with Crippen molar-refractivity contribution in [2.24, 2.45) is 0 Å². The van der Waals surface area contributed by atoms with E-state index in [0.717, 1.165) is 27.9 Å². The molecule has 0 saturated heterocycles. The summed E-state index contributed by atoms with van der Waals surface area (Å²) in [6, 6.07) is 9.24. The number of aromatic nitrogens is 1. The van der Waals surface area contributed by atoms with Gasteiger partial charge in [-0.2, -0.15) is 0 Å². The van der Waals surface area contributed by atoms with Gasteiger partial charge in [-0.25, -0.2) is 13.4 Å². The van der Waals surface area contributed by atoms with Crippen LogP contribution < -0.4 is 9.62 Å². The van der Waals surface area contributed by atoms with Gasteiger partial charge in [-0.05, 0) is 69.0 Å². The second kappa shape index (κ2) is 7.76. The van der Waals surface area contributed by atoms with E-state index >= 15 is 0 Å². The molecule has 1 aliphatic rings. The molecule has 1 atom stereocenters. The topological polar surface area (TPSA) is 79.4 Å². The summed E-state index contributed by atoms with van der Waals surface area (Å²) in [7, 11) is -3.36. The number of anilines is 2. The van der Waals surface area contributed by atoms with Crippen LogP contribution in [-0.2, 0) is 16.4 Å². The van der Waals surface area contributed by atoms with E-state index < -0.39 is 10.0 Å². The first-order valence-corrected chi connectivity index (χ1v) is 12.7. The number of rotatable bonds is 4. The molecular weight excluding hydrogens is 430 g/mol. The van der Waals surface area contributed by atoms with E-state index in [9.17, 15) is 13.2 Å². The molecule has 1 aliphatic heterocycles. The van der Waals surface area contributed by atoms with Gasteiger partial charge in [0.1, 0.15) is 0 Å². The second-order valence-corrected chi connectivity index (χ2v) is 10.9. The van der Waals surface area contributed by atoms with Gasteiger partial charge in [0.05, 0.1) is 17.6 Å². The third kappa shape index (κ3) is 4.09. The second-order valence-electron chi connectivity index (χ2n) is 8.22. The van der Waals surface area contributed by atoms with Crippen LogP contribution in [0.25, 0.3) is 11.3 Å². The number of thiazole rings is 1. The molecule has 0 spiro atoms. The normalized spacial score (nSPS) is 15.8. The first-order valence-electron chi connectivity index (χ1n) is 10.0. The highest BCUT2D eigenvalue weighted by Gasteiger charge is 2.32. The number of sulfonamides is 1. The molecule has 4 rings (SSSR count). The predicted molar refractivity (Wildman–Crippen MR) is 127 cm³/mol. The summed E-state index contributed by atoms with van der Waals surface area (Å²) in [6.07, 6.45) is 1.79. The van der Waals surface area contributed by atoms with Crippen LogP contribution in [0, 0.1) is 20.8 Å². The number of benzene rings is 2. The number of nitrogens with one attached hydrogen (secondary N) is 1. The van der Waals surface area contributed by atoms with Crippen molar-refractivity contribution >= 4 is 38.1 Å². The van der Waals surface area contributed by atoms with Crippen molar-refractivity contribution in [1.82, 2.24) is 4.98 Å². The maximum Gasteiger partial charge on any atom is 0.257 e. The summed E-state index contributed by atoms with van der Waals surface area (Å²) in [6.45, 7) is 8.08. The average Bonchev–Trinajstić information content (AvgIpc) is 3.22. The Morgan fingerprint density at radius 1 is 1.16 bits per heavy atom. The highest BCUT2D eigenvalue weighted by molar-refractivity contribution is 7.92. The van der Waals surface area contributed by atoms with Crippen molar-refractivity contribution in [2.45, 2.75) is 40.2 Å². The maximum atomic E-state index is 12.8. The van der Waals surface area contributed by atoms with Gasteiger partial charge in [-0.15, -0.1) is 11.3 Å². The molecule has 0 bridgehead atoms. The predicted octanol–water partition coefficient (Wildman–Crippen LogP) is 4.70. The SMILES string of the molecule is Cc1cc(C)c(-c2csc(NC(=O)c3ccc4c(c3)CC(C)N4S(C)(=O)=O)n2)c(C)c1. The van der Waals surface area contributed by atoms with Crippen LogP contribution in [0.2, 0.25) is 0 Å². The summed E-state index contributed by atoms with van der Waals surface area (Å²) in [5.41, 5.74) is 7.46. The molecule has 1 aromatic heterocycles. The van der Waals surface area contributed by atoms with Crippen LogP contribution in [0.3, 0.4) is 0 Å². The first kappa shape index (κ1) is 21.5. The quantitative estimate of drug-likeness (QED) is 0.619. The maximum absolute atomic E-state index is 12.8. The highest BCUT2D eigenvalue weighted by atomic mass is 32.2. The van der Waals surface area contributed by atoms with E-state index in [4.69, 9.17) is 0 Å². The largest absolute Gasteiger partial charge is 0.298 e. The summed E-state index contributed by atoms with van der Waals surface area (Å²) in [5, 5.41) is 5.37. The molecule has 0 fully saturated rings. The van der Waals surface area contributed by atoms with Gasteiger partial charge in [0, 0.05) is 22.5 Å². The Morgan fingerprint density at radius 3 is 2.48 bits per heavy atom. The standard InChI is InChI=1S/C23H25N3O3S2/c1-13-8-14(2)21(15(3)9-13)19-12-30-23(24-19)25-22(27)17-6-7-20-18(11-17)10-16(4)26(20)31(5,28)29/h6-9,11-12,16H,10H2,1-5H3,(H,24,25,27). The number of aryl methyl sites for hydroxylation is 3. The van der Waals surface area contributed by atoms with Crippen molar-refractivity contribution < 1.29 is 13.2 Å². The van der Waals surface area contributed by atoms with Crippen LogP contribution in [0.15, 0.2) is 35.7 Å². The lowest BCUT2D eigenvalue weighted by atomic mass is 9.98. The van der Waals surface area contributed by atoms with Gasteiger partial charge in [-0.1, -0.05) is 17.7 Å². The minimum Gasteiger partial charge on any atom is -0.298 e. The summed E-state index contributed by atoms with van der Waals surface area (Å²) in [5.74, 6) is -0.258. The minimum atomic E-state index is -3.36.